The van der Waals surface area contributed by atoms with Crippen LogP contribution >= 0.6 is 0 Å². The van der Waals surface area contributed by atoms with Crippen LogP contribution in [-0.2, 0) is 0 Å². The summed E-state index contributed by atoms with van der Waals surface area (Å²) in [5.41, 5.74) is 0.309. The van der Waals surface area contributed by atoms with Gasteiger partial charge in [-0.25, -0.2) is 4.98 Å². The fourth-order valence-electron chi connectivity index (χ4n) is 1.34. The number of halogens is 3. The molecule has 7 heteroatoms. The second-order valence-electron chi connectivity index (χ2n) is 3.32. The zero-order chi connectivity index (χ0) is 12.9. The summed E-state index contributed by atoms with van der Waals surface area (Å²) >= 11 is 0. The smallest absolute Gasteiger partial charge is 0.405 e. The van der Waals surface area contributed by atoms with Gasteiger partial charge in [0.25, 0.3) is 0 Å². The van der Waals surface area contributed by atoms with Crippen molar-refractivity contribution in [3.63, 3.8) is 0 Å². The van der Waals surface area contributed by atoms with Crippen LogP contribution in [0.15, 0.2) is 18.3 Å². The Kier molecular flexibility index (Phi) is 4.56. The molecule has 0 aliphatic rings. The third-order valence-electron chi connectivity index (χ3n) is 2.03. The minimum absolute atomic E-state index is 0.104. The minimum atomic E-state index is -4.33. The standard InChI is InChI=1S/C10H13F3N2O2/c1-17-9-6-8(2-3-14-9)15(4-5-16)7-10(11,12)13/h2-3,6,16H,4-5,7H2,1H3. The molecule has 0 atom stereocenters. The molecule has 0 aliphatic carbocycles. The summed E-state index contributed by atoms with van der Waals surface area (Å²) in [5.74, 6) is 0.229. The largest absolute Gasteiger partial charge is 0.481 e. The maximum absolute atomic E-state index is 12.3. The molecule has 1 aromatic rings. The van der Waals surface area contributed by atoms with Gasteiger partial charge in [0.2, 0.25) is 5.88 Å². The van der Waals surface area contributed by atoms with E-state index in [-0.39, 0.29) is 19.0 Å². The van der Waals surface area contributed by atoms with Crippen LogP contribution in [0.5, 0.6) is 5.88 Å². The molecule has 0 amide bonds. The number of anilines is 1. The lowest BCUT2D eigenvalue weighted by Crippen LogP contribution is -2.36. The molecule has 0 bridgehead atoms. The summed E-state index contributed by atoms with van der Waals surface area (Å²) in [6.07, 6.45) is -2.97. The number of aromatic nitrogens is 1. The maximum atomic E-state index is 12.3. The van der Waals surface area contributed by atoms with E-state index in [0.717, 1.165) is 4.90 Å². The zero-order valence-electron chi connectivity index (χ0n) is 9.24. The highest BCUT2D eigenvalue weighted by Gasteiger charge is 2.30. The van der Waals surface area contributed by atoms with E-state index in [9.17, 15) is 13.2 Å². The Morgan fingerprint density at radius 2 is 2.18 bits per heavy atom. The third-order valence-corrected chi connectivity index (χ3v) is 2.03. The first-order valence-electron chi connectivity index (χ1n) is 4.89. The molecule has 0 fully saturated rings. The quantitative estimate of drug-likeness (QED) is 0.859. The Morgan fingerprint density at radius 1 is 1.47 bits per heavy atom. The molecule has 0 unspecified atom stereocenters. The van der Waals surface area contributed by atoms with Crippen molar-refractivity contribution in [3.05, 3.63) is 18.3 Å². The van der Waals surface area contributed by atoms with Gasteiger partial charge in [-0.15, -0.1) is 0 Å². The molecule has 1 rings (SSSR count). The predicted octanol–water partition coefficient (Wildman–Crippen LogP) is 1.45. The fourth-order valence-corrected chi connectivity index (χ4v) is 1.34. The van der Waals surface area contributed by atoms with Crippen molar-refractivity contribution in [2.24, 2.45) is 0 Å². The van der Waals surface area contributed by atoms with Gasteiger partial charge in [-0.05, 0) is 6.07 Å². The van der Waals surface area contributed by atoms with Crippen LogP contribution in [0.2, 0.25) is 0 Å². The van der Waals surface area contributed by atoms with E-state index in [0.29, 0.717) is 5.69 Å². The minimum Gasteiger partial charge on any atom is -0.481 e. The van der Waals surface area contributed by atoms with Crippen molar-refractivity contribution in [3.8, 4) is 5.88 Å². The zero-order valence-corrected chi connectivity index (χ0v) is 9.24. The number of hydrogen-bond donors (Lipinski definition) is 1. The van der Waals surface area contributed by atoms with Crippen LogP contribution in [0.3, 0.4) is 0 Å². The van der Waals surface area contributed by atoms with Crippen molar-refractivity contribution in [2.45, 2.75) is 6.18 Å². The van der Waals surface area contributed by atoms with Gasteiger partial charge in [-0.1, -0.05) is 0 Å². The van der Waals surface area contributed by atoms with Crippen LogP contribution in [0, 0.1) is 0 Å². The molecule has 0 radical (unpaired) electrons. The first-order chi connectivity index (χ1) is 7.96. The highest BCUT2D eigenvalue weighted by molar-refractivity contribution is 5.48. The summed E-state index contributed by atoms with van der Waals surface area (Å²) in [5, 5.41) is 8.77. The van der Waals surface area contributed by atoms with Crippen molar-refractivity contribution in [1.82, 2.24) is 4.98 Å². The van der Waals surface area contributed by atoms with Crippen LogP contribution in [0.25, 0.3) is 0 Å². The van der Waals surface area contributed by atoms with E-state index in [1.54, 1.807) is 0 Å². The van der Waals surface area contributed by atoms with Crippen molar-refractivity contribution >= 4 is 5.69 Å². The normalized spacial score (nSPS) is 11.4. The van der Waals surface area contributed by atoms with Gasteiger partial charge in [-0.2, -0.15) is 13.2 Å². The number of pyridine rings is 1. The Balaban J connectivity index is 2.88. The lowest BCUT2D eigenvalue weighted by atomic mass is 10.3. The summed E-state index contributed by atoms with van der Waals surface area (Å²) in [6, 6.07) is 2.82. The number of aliphatic hydroxyl groups is 1. The number of methoxy groups -OCH3 is 1. The molecule has 96 valence electrons. The number of alkyl halides is 3. The second kappa shape index (κ2) is 5.72. The van der Waals surface area contributed by atoms with Crippen LogP contribution in [0.4, 0.5) is 18.9 Å². The van der Waals surface area contributed by atoms with Crippen LogP contribution in [0.1, 0.15) is 0 Å². The van der Waals surface area contributed by atoms with Crippen LogP contribution in [-0.4, -0.2) is 43.1 Å². The Hall–Kier alpha value is -1.50. The molecule has 0 spiro atoms. The van der Waals surface area contributed by atoms with Gasteiger partial charge in [0.1, 0.15) is 6.54 Å². The van der Waals surface area contributed by atoms with E-state index >= 15 is 0 Å². The first kappa shape index (κ1) is 13.6. The van der Waals surface area contributed by atoms with E-state index in [1.807, 2.05) is 0 Å². The van der Waals surface area contributed by atoms with Gasteiger partial charge >= 0.3 is 6.18 Å². The summed E-state index contributed by atoms with van der Waals surface area (Å²) in [6.45, 7) is -1.59. The Bertz CT molecular complexity index is 358. The van der Waals surface area contributed by atoms with Crippen molar-refractivity contribution in [1.29, 1.82) is 0 Å². The van der Waals surface area contributed by atoms with Gasteiger partial charge in [0.15, 0.2) is 0 Å². The van der Waals surface area contributed by atoms with E-state index < -0.39 is 12.7 Å². The average Bonchev–Trinajstić information content (AvgIpc) is 2.27. The number of aliphatic hydroxyl groups excluding tert-OH is 1. The van der Waals surface area contributed by atoms with Crippen molar-refractivity contribution in [2.75, 3.05) is 31.7 Å². The number of rotatable bonds is 5. The molecule has 1 heterocycles. The summed E-state index contributed by atoms with van der Waals surface area (Å²) in [7, 11) is 1.38. The predicted molar refractivity (Wildman–Crippen MR) is 56.1 cm³/mol. The lowest BCUT2D eigenvalue weighted by molar-refractivity contribution is -0.119. The van der Waals surface area contributed by atoms with Crippen molar-refractivity contribution < 1.29 is 23.0 Å². The highest BCUT2D eigenvalue weighted by Crippen LogP contribution is 2.23. The molecule has 0 saturated carbocycles. The molecule has 4 nitrogen and oxygen atoms in total. The van der Waals surface area contributed by atoms with Gasteiger partial charge in [0.05, 0.1) is 13.7 Å². The second-order valence-corrected chi connectivity index (χ2v) is 3.32. The third kappa shape index (κ3) is 4.48. The molecular formula is C10H13F3N2O2. The number of hydrogen-bond acceptors (Lipinski definition) is 4. The lowest BCUT2D eigenvalue weighted by Gasteiger charge is -2.25. The Labute approximate surface area is 96.6 Å². The summed E-state index contributed by atoms with van der Waals surface area (Å²) in [4.78, 5) is 4.82. The molecule has 0 saturated heterocycles. The van der Waals surface area contributed by atoms with Gasteiger partial charge in [0, 0.05) is 24.5 Å². The maximum Gasteiger partial charge on any atom is 0.405 e. The fraction of sp³-hybridized carbons (Fsp3) is 0.500. The molecule has 1 N–H and O–H groups in total. The molecule has 17 heavy (non-hydrogen) atoms. The average molecular weight is 250 g/mol. The van der Waals surface area contributed by atoms with E-state index in [2.05, 4.69) is 4.98 Å². The molecule has 1 aromatic heterocycles. The van der Waals surface area contributed by atoms with Crippen LogP contribution < -0.4 is 9.64 Å². The van der Waals surface area contributed by atoms with Gasteiger partial charge in [-0.3, -0.25) is 0 Å². The topological polar surface area (TPSA) is 45.6 Å². The SMILES string of the molecule is COc1cc(N(CCO)CC(F)(F)F)ccn1. The number of ether oxygens (including phenoxy) is 1. The monoisotopic (exact) mass is 250 g/mol. The first-order valence-corrected chi connectivity index (χ1v) is 4.89. The molecule has 0 aromatic carbocycles. The molecule has 0 aliphatic heterocycles. The number of nitrogens with zero attached hydrogens (tertiary/aromatic N) is 2. The summed E-state index contributed by atoms with van der Waals surface area (Å²) < 4.78 is 41.8. The van der Waals surface area contributed by atoms with Gasteiger partial charge < -0.3 is 14.7 Å². The molecular weight excluding hydrogens is 237 g/mol. The van der Waals surface area contributed by atoms with E-state index in [4.69, 9.17) is 9.84 Å². The highest BCUT2D eigenvalue weighted by atomic mass is 19.4. The Morgan fingerprint density at radius 3 is 2.71 bits per heavy atom. The van der Waals surface area contributed by atoms with E-state index in [1.165, 1.54) is 25.4 Å².